The van der Waals surface area contributed by atoms with Crippen LogP contribution in [0, 0.1) is 0 Å². The monoisotopic (exact) mass is 368 g/mol. The number of aromatic nitrogens is 2. The summed E-state index contributed by atoms with van der Waals surface area (Å²) < 4.78 is 46.8. The highest BCUT2D eigenvalue weighted by molar-refractivity contribution is 5.88. The van der Waals surface area contributed by atoms with E-state index in [0.717, 1.165) is 23.3 Å². The van der Waals surface area contributed by atoms with E-state index in [1.165, 1.54) is 6.07 Å². The summed E-state index contributed by atoms with van der Waals surface area (Å²) >= 11 is 0. The van der Waals surface area contributed by atoms with Gasteiger partial charge in [-0.05, 0) is 36.4 Å². The molecule has 0 aliphatic rings. The smallest absolute Gasteiger partial charge is 0.416 e. The van der Waals surface area contributed by atoms with Crippen LogP contribution in [0.2, 0.25) is 0 Å². The molecule has 136 valence electrons. The summed E-state index contributed by atoms with van der Waals surface area (Å²) in [5, 5.41) is 0. The third kappa shape index (κ3) is 3.03. The normalized spacial score (nSPS) is 11.7. The molecule has 6 heteroatoms. The van der Waals surface area contributed by atoms with Crippen molar-refractivity contribution in [3.05, 3.63) is 78.4 Å². The maximum atomic E-state index is 13.2. The third-order valence-electron chi connectivity index (χ3n) is 4.33. The van der Waals surface area contributed by atoms with Crippen LogP contribution in [0.5, 0.6) is 5.75 Å². The maximum Gasteiger partial charge on any atom is 0.416 e. The predicted molar refractivity (Wildman–Crippen MR) is 98.1 cm³/mol. The molecular formula is C21H15F3N2O. The molecule has 0 saturated carbocycles. The summed E-state index contributed by atoms with van der Waals surface area (Å²) in [5.41, 5.74) is 1.83. The van der Waals surface area contributed by atoms with Gasteiger partial charge in [-0.1, -0.05) is 36.4 Å². The summed E-state index contributed by atoms with van der Waals surface area (Å²) in [4.78, 5) is 4.62. The van der Waals surface area contributed by atoms with Crippen LogP contribution in [0.15, 0.2) is 72.8 Å². The van der Waals surface area contributed by atoms with Crippen molar-refractivity contribution in [1.29, 1.82) is 0 Å². The highest BCUT2D eigenvalue weighted by atomic mass is 19.4. The molecule has 0 spiro atoms. The minimum Gasteiger partial charge on any atom is -0.494 e. The van der Waals surface area contributed by atoms with Crippen molar-refractivity contribution in [2.24, 2.45) is 0 Å². The first-order valence-corrected chi connectivity index (χ1v) is 8.27. The Morgan fingerprint density at radius 3 is 2.33 bits per heavy atom. The molecule has 27 heavy (non-hydrogen) atoms. The number of hydrogen-bond acceptors (Lipinski definition) is 2. The first-order valence-electron chi connectivity index (χ1n) is 8.27. The van der Waals surface area contributed by atoms with Crippen molar-refractivity contribution in [2.45, 2.75) is 6.18 Å². The zero-order valence-electron chi connectivity index (χ0n) is 14.4. The molecule has 0 aliphatic heterocycles. The Balaban J connectivity index is 2.04. The average Bonchev–Trinajstić information content (AvgIpc) is 3.08. The molecule has 0 radical (unpaired) electrons. The van der Waals surface area contributed by atoms with Crippen molar-refractivity contribution < 1.29 is 17.9 Å². The topological polar surface area (TPSA) is 27.1 Å². The van der Waals surface area contributed by atoms with Crippen LogP contribution in [0.4, 0.5) is 13.2 Å². The number of nitrogens with zero attached hydrogens (tertiary/aromatic N) is 2. The van der Waals surface area contributed by atoms with Gasteiger partial charge in [0.05, 0.1) is 18.2 Å². The second-order valence-electron chi connectivity index (χ2n) is 6.01. The van der Waals surface area contributed by atoms with E-state index in [4.69, 9.17) is 4.74 Å². The summed E-state index contributed by atoms with van der Waals surface area (Å²) in [5.74, 6) is 0.988. The number of imidazole rings is 1. The third-order valence-corrected chi connectivity index (χ3v) is 4.33. The van der Waals surface area contributed by atoms with Crippen LogP contribution in [-0.2, 0) is 6.18 Å². The van der Waals surface area contributed by atoms with Gasteiger partial charge in [0.2, 0.25) is 0 Å². The van der Waals surface area contributed by atoms with Gasteiger partial charge in [0.1, 0.15) is 17.1 Å². The lowest BCUT2D eigenvalue weighted by Crippen LogP contribution is -2.05. The Labute approximate surface area is 153 Å². The van der Waals surface area contributed by atoms with Gasteiger partial charge in [0.15, 0.2) is 0 Å². The summed E-state index contributed by atoms with van der Waals surface area (Å²) in [7, 11) is 1.54. The molecule has 1 aromatic heterocycles. The fraction of sp³-hybridized carbons (Fsp3) is 0.0952. The predicted octanol–water partition coefficient (Wildman–Crippen LogP) is 5.72. The van der Waals surface area contributed by atoms with E-state index in [2.05, 4.69) is 4.98 Å². The van der Waals surface area contributed by atoms with Gasteiger partial charge in [0.25, 0.3) is 0 Å². The number of para-hydroxylation sites is 2. The summed E-state index contributed by atoms with van der Waals surface area (Å²) in [6.07, 6.45) is -4.42. The van der Waals surface area contributed by atoms with Gasteiger partial charge >= 0.3 is 6.18 Å². The molecule has 0 unspecified atom stereocenters. The number of hydrogen-bond donors (Lipinski definition) is 0. The molecule has 1 heterocycles. The maximum absolute atomic E-state index is 13.2. The highest BCUT2D eigenvalue weighted by Crippen LogP contribution is 2.36. The lowest BCUT2D eigenvalue weighted by atomic mass is 10.1. The number of rotatable bonds is 3. The van der Waals surface area contributed by atoms with Crippen LogP contribution in [0.1, 0.15) is 5.56 Å². The molecule has 3 aromatic carbocycles. The van der Waals surface area contributed by atoms with Crippen LogP contribution in [0.3, 0.4) is 0 Å². The van der Waals surface area contributed by atoms with Crippen molar-refractivity contribution in [2.75, 3.05) is 7.11 Å². The average molecular weight is 368 g/mol. The minimum atomic E-state index is -4.42. The minimum absolute atomic E-state index is 0.381. The van der Waals surface area contributed by atoms with E-state index in [-0.39, 0.29) is 0 Å². The summed E-state index contributed by atoms with van der Waals surface area (Å²) in [6.45, 7) is 0. The van der Waals surface area contributed by atoms with Crippen LogP contribution >= 0.6 is 0 Å². The molecule has 0 atom stereocenters. The van der Waals surface area contributed by atoms with Gasteiger partial charge in [-0.2, -0.15) is 13.2 Å². The number of alkyl halides is 3. The molecule has 0 bridgehead atoms. The number of benzene rings is 3. The number of ether oxygens (including phenoxy) is 1. The lowest BCUT2D eigenvalue weighted by molar-refractivity contribution is -0.137. The van der Waals surface area contributed by atoms with E-state index >= 15 is 0 Å². The van der Waals surface area contributed by atoms with Gasteiger partial charge < -0.3 is 4.74 Å². The second-order valence-corrected chi connectivity index (χ2v) is 6.01. The van der Waals surface area contributed by atoms with E-state index < -0.39 is 11.7 Å². The Bertz CT molecular complexity index is 1100. The van der Waals surface area contributed by atoms with Crippen LogP contribution in [-0.4, -0.2) is 16.7 Å². The Morgan fingerprint density at radius 2 is 1.63 bits per heavy atom. The standard InChI is InChI=1S/C21H15F3N2O/c1-27-18-12-6-11-17-19(18)25-20(26(17)16-9-3-2-4-10-16)14-7-5-8-15(13-14)21(22,23)24/h2-13H,1H3. The lowest BCUT2D eigenvalue weighted by Gasteiger charge is -2.11. The molecule has 0 amide bonds. The zero-order valence-corrected chi connectivity index (χ0v) is 14.4. The first kappa shape index (κ1) is 17.1. The van der Waals surface area contributed by atoms with E-state index in [9.17, 15) is 13.2 Å². The quantitative estimate of drug-likeness (QED) is 0.462. The number of halogens is 3. The molecule has 3 nitrogen and oxygen atoms in total. The van der Waals surface area contributed by atoms with Crippen molar-refractivity contribution in [1.82, 2.24) is 9.55 Å². The van der Waals surface area contributed by atoms with Crippen LogP contribution in [0.25, 0.3) is 28.1 Å². The van der Waals surface area contributed by atoms with Crippen molar-refractivity contribution >= 4 is 11.0 Å². The van der Waals surface area contributed by atoms with E-state index in [1.807, 2.05) is 47.0 Å². The Morgan fingerprint density at radius 1 is 0.889 bits per heavy atom. The first-order chi connectivity index (χ1) is 13.0. The molecule has 0 N–H and O–H groups in total. The summed E-state index contributed by atoms with van der Waals surface area (Å²) in [6, 6.07) is 20.1. The van der Waals surface area contributed by atoms with Crippen LogP contribution < -0.4 is 4.74 Å². The second kappa shape index (κ2) is 6.46. The molecule has 4 rings (SSSR count). The van der Waals surface area contributed by atoms with E-state index in [1.54, 1.807) is 19.2 Å². The fourth-order valence-corrected chi connectivity index (χ4v) is 3.10. The van der Waals surface area contributed by atoms with E-state index in [0.29, 0.717) is 22.7 Å². The van der Waals surface area contributed by atoms with Gasteiger partial charge in [-0.25, -0.2) is 4.98 Å². The largest absolute Gasteiger partial charge is 0.494 e. The fourth-order valence-electron chi connectivity index (χ4n) is 3.10. The number of fused-ring (bicyclic) bond motifs is 1. The SMILES string of the molecule is COc1cccc2c1nc(-c1cccc(C(F)(F)F)c1)n2-c1ccccc1. The molecule has 0 saturated heterocycles. The molecule has 4 aromatic rings. The van der Waals surface area contributed by atoms with Gasteiger partial charge in [-0.15, -0.1) is 0 Å². The Hall–Kier alpha value is -3.28. The molecule has 0 fully saturated rings. The zero-order chi connectivity index (χ0) is 19.0. The van der Waals surface area contributed by atoms with Crippen molar-refractivity contribution in [3.8, 4) is 22.8 Å². The molecule has 0 aliphatic carbocycles. The molecular weight excluding hydrogens is 353 g/mol. The number of methoxy groups -OCH3 is 1. The van der Waals surface area contributed by atoms with Gasteiger partial charge in [-0.3, -0.25) is 4.57 Å². The van der Waals surface area contributed by atoms with Crippen molar-refractivity contribution in [3.63, 3.8) is 0 Å². The van der Waals surface area contributed by atoms with Gasteiger partial charge in [0, 0.05) is 11.3 Å². The highest BCUT2D eigenvalue weighted by Gasteiger charge is 2.31. The Kier molecular flexibility index (Phi) is 4.11.